The molecule has 2 aromatic carbocycles. The van der Waals surface area contributed by atoms with E-state index in [9.17, 15) is 23.7 Å². The standard InChI is InChI=1S/C14H9F2NO4/c1-8(18)14-10(16)3-2-4-12(14)21-13-7-9(15)5-6-11(13)17(19)20/h2-7H,1H3. The van der Waals surface area contributed by atoms with Gasteiger partial charge < -0.3 is 4.74 Å². The molecule has 0 heterocycles. The summed E-state index contributed by atoms with van der Waals surface area (Å²) in [4.78, 5) is 21.5. The van der Waals surface area contributed by atoms with E-state index in [0.717, 1.165) is 31.2 Å². The van der Waals surface area contributed by atoms with Gasteiger partial charge in [0.1, 0.15) is 17.4 Å². The van der Waals surface area contributed by atoms with Crippen molar-refractivity contribution in [3.05, 3.63) is 63.7 Å². The summed E-state index contributed by atoms with van der Waals surface area (Å²) in [5, 5.41) is 10.9. The number of Topliss-reactive ketones (excluding diaryl/α,β-unsaturated/α-hetero) is 1. The van der Waals surface area contributed by atoms with Crippen molar-refractivity contribution in [2.24, 2.45) is 0 Å². The number of hydrogen-bond donors (Lipinski definition) is 0. The van der Waals surface area contributed by atoms with Gasteiger partial charge in [-0.25, -0.2) is 8.78 Å². The lowest BCUT2D eigenvalue weighted by molar-refractivity contribution is -0.385. The first-order valence-corrected chi connectivity index (χ1v) is 5.81. The lowest BCUT2D eigenvalue weighted by atomic mass is 10.1. The van der Waals surface area contributed by atoms with Gasteiger partial charge in [0.2, 0.25) is 5.75 Å². The molecule has 0 amide bonds. The molecule has 0 N–H and O–H groups in total. The van der Waals surface area contributed by atoms with E-state index in [0.29, 0.717) is 0 Å². The van der Waals surface area contributed by atoms with E-state index in [4.69, 9.17) is 4.74 Å². The van der Waals surface area contributed by atoms with Crippen LogP contribution in [0.5, 0.6) is 11.5 Å². The predicted molar refractivity (Wildman–Crippen MR) is 69.5 cm³/mol. The Kier molecular flexibility index (Phi) is 3.93. The van der Waals surface area contributed by atoms with Crippen LogP contribution in [0.25, 0.3) is 0 Å². The van der Waals surface area contributed by atoms with E-state index in [1.54, 1.807) is 0 Å². The SMILES string of the molecule is CC(=O)c1c(F)cccc1Oc1cc(F)ccc1[N+](=O)[O-]. The van der Waals surface area contributed by atoms with Gasteiger partial charge in [-0.05, 0) is 25.1 Å². The number of carbonyl (C=O) groups excluding carboxylic acids is 1. The lowest BCUT2D eigenvalue weighted by Crippen LogP contribution is -2.02. The third kappa shape index (κ3) is 3.02. The third-order valence-electron chi connectivity index (χ3n) is 2.67. The molecule has 2 aromatic rings. The molecule has 21 heavy (non-hydrogen) atoms. The van der Waals surface area contributed by atoms with Gasteiger partial charge in [-0.3, -0.25) is 14.9 Å². The molecule has 0 saturated heterocycles. The fraction of sp³-hybridized carbons (Fsp3) is 0.0714. The molecule has 5 nitrogen and oxygen atoms in total. The Morgan fingerprint density at radius 3 is 2.52 bits per heavy atom. The van der Waals surface area contributed by atoms with Crippen LogP contribution in [0.2, 0.25) is 0 Å². The first-order chi connectivity index (χ1) is 9.90. The molecule has 0 spiro atoms. The molecule has 0 radical (unpaired) electrons. The van der Waals surface area contributed by atoms with Gasteiger partial charge in [0.15, 0.2) is 5.78 Å². The molecule has 0 fully saturated rings. The molecule has 0 aromatic heterocycles. The normalized spacial score (nSPS) is 10.2. The fourth-order valence-corrected chi connectivity index (χ4v) is 1.77. The van der Waals surface area contributed by atoms with Crippen LogP contribution in [-0.4, -0.2) is 10.7 Å². The summed E-state index contributed by atoms with van der Waals surface area (Å²) in [7, 11) is 0. The molecule has 108 valence electrons. The minimum Gasteiger partial charge on any atom is -0.449 e. The van der Waals surface area contributed by atoms with E-state index in [2.05, 4.69) is 0 Å². The minimum atomic E-state index is -0.820. The van der Waals surface area contributed by atoms with Crippen molar-refractivity contribution in [1.29, 1.82) is 0 Å². The van der Waals surface area contributed by atoms with E-state index in [1.165, 1.54) is 12.1 Å². The van der Waals surface area contributed by atoms with Crippen molar-refractivity contribution in [2.75, 3.05) is 0 Å². The van der Waals surface area contributed by atoms with Crippen molar-refractivity contribution < 1.29 is 23.2 Å². The molecule has 0 bridgehead atoms. The zero-order valence-electron chi connectivity index (χ0n) is 10.8. The minimum absolute atomic E-state index is 0.212. The Labute approximate surface area is 117 Å². The van der Waals surface area contributed by atoms with Crippen LogP contribution in [0.1, 0.15) is 17.3 Å². The van der Waals surface area contributed by atoms with Gasteiger partial charge in [0, 0.05) is 12.1 Å². The Morgan fingerprint density at radius 2 is 1.90 bits per heavy atom. The van der Waals surface area contributed by atoms with Crippen LogP contribution in [-0.2, 0) is 0 Å². The molecule has 0 aliphatic heterocycles. The average molecular weight is 293 g/mol. The summed E-state index contributed by atoms with van der Waals surface area (Å²) in [6.07, 6.45) is 0. The largest absolute Gasteiger partial charge is 0.449 e. The first kappa shape index (κ1) is 14.6. The Balaban J connectivity index is 2.53. The molecule has 0 saturated carbocycles. The van der Waals surface area contributed by atoms with Crippen LogP contribution < -0.4 is 4.74 Å². The molecule has 0 atom stereocenters. The van der Waals surface area contributed by atoms with Crippen molar-refractivity contribution in [3.63, 3.8) is 0 Å². The van der Waals surface area contributed by atoms with Crippen molar-refractivity contribution >= 4 is 11.5 Å². The second-order valence-corrected chi connectivity index (χ2v) is 4.14. The third-order valence-corrected chi connectivity index (χ3v) is 2.67. The monoisotopic (exact) mass is 293 g/mol. The Morgan fingerprint density at radius 1 is 1.19 bits per heavy atom. The second kappa shape index (κ2) is 5.66. The van der Waals surface area contributed by atoms with Crippen molar-refractivity contribution in [1.82, 2.24) is 0 Å². The molecule has 7 heteroatoms. The average Bonchev–Trinajstić information content (AvgIpc) is 2.37. The predicted octanol–water partition coefficient (Wildman–Crippen LogP) is 3.87. The maximum absolute atomic E-state index is 13.6. The van der Waals surface area contributed by atoms with Crippen LogP contribution in [0, 0.1) is 21.7 Å². The number of benzene rings is 2. The van der Waals surface area contributed by atoms with Crippen molar-refractivity contribution in [3.8, 4) is 11.5 Å². The second-order valence-electron chi connectivity index (χ2n) is 4.14. The van der Waals surface area contributed by atoms with Crippen LogP contribution in [0.15, 0.2) is 36.4 Å². The molecular weight excluding hydrogens is 284 g/mol. The molecule has 0 unspecified atom stereocenters. The molecule has 2 rings (SSSR count). The number of nitro groups is 1. The van der Waals surface area contributed by atoms with E-state index in [-0.39, 0.29) is 11.3 Å². The molecule has 0 aliphatic carbocycles. The van der Waals surface area contributed by atoms with Crippen molar-refractivity contribution in [2.45, 2.75) is 6.92 Å². The molecular formula is C14H9F2NO4. The number of hydrogen-bond acceptors (Lipinski definition) is 4. The van der Waals surface area contributed by atoms with Gasteiger partial charge in [0.05, 0.1) is 10.5 Å². The maximum Gasteiger partial charge on any atom is 0.311 e. The summed E-state index contributed by atoms with van der Waals surface area (Å²) in [6.45, 7) is 1.13. The van der Waals surface area contributed by atoms with E-state index in [1.807, 2.05) is 0 Å². The summed E-state index contributed by atoms with van der Waals surface area (Å²) in [5.74, 6) is -2.80. The van der Waals surface area contributed by atoms with Gasteiger partial charge in [-0.15, -0.1) is 0 Å². The van der Waals surface area contributed by atoms with Gasteiger partial charge in [-0.2, -0.15) is 0 Å². The fourth-order valence-electron chi connectivity index (χ4n) is 1.77. The zero-order valence-corrected chi connectivity index (χ0v) is 10.8. The number of ether oxygens (including phenoxy) is 1. The number of rotatable bonds is 4. The van der Waals surface area contributed by atoms with Gasteiger partial charge >= 0.3 is 5.69 Å². The summed E-state index contributed by atoms with van der Waals surface area (Å²) in [6, 6.07) is 6.24. The lowest BCUT2D eigenvalue weighted by Gasteiger charge is -2.10. The Bertz CT molecular complexity index is 731. The number of nitrogens with zero attached hydrogens (tertiary/aromatic N) is 1. The summed E-state index contributed by atoms with van der Waals surface area (Å²) in [5.41, 5.74) is -0.841. The van der Waals surface area contributed by atoms with Crippen LogP contribution in [0.4, 0.5) is 14.5 Å². The number of halogens is 2. The Hall–Kier alpha value is -2.83. The topological polar surface area (TPSA) is 69.4 Å². The van der Waals surface area contributed by atoms with E-state index >= 15 is 0 Å². The highest BCUT2D eigenvalue weighted by molar-refractivity contribution is 5.97. The number of ketones is 1. The van der Waals surface area contributed by atoms with Crippen LogP contribution >= 0.6 is 0 Å². The quantitative estimate of drug-likeness (QED) is 0.487. The molecule has 0 aliphatic rings. The van der Waals surface area contributed by atoms with Crippen LogP contribution in [0.3, 0.4) is 0 Å². The number of nitro benzene ring substituents is 1. The van der Waals surface area contributed by atoms with E-state index < -0.39 is 33.8 Å². The van der Waals surface area contributed by atoms with Gasteiger partial charge in [0.25, 0.3) is 0 Å². The first-order valence-electron chi connectivity index (χ1n) is 5.81. The zero-order chi connectivity index (χ0) is 15.6. The highest BCUT2D eigenvalue weighted by atomic mass is 19.1. The highest BCUT2D eigenvalue weighted by Crippen LogP contribution is 2.34. The summed E-state index contributed by atoms with van der Waals surface area (Å²) < 4.78 is 32.0. The summed E-state index contributed by atoms with van der Waals surface area (Å²) >= 11 is 0. The highest BCUT2D eigenvalue weighted by Gasteiger charge is 2.20. The smallest absolute Gasteiger partial charge is 0.311 e. The number of carbonyl (C=O) groups is 1. The van der Waals surface area contributed by atoms with Gasteiger partial charge in [-0.1, -0.05) is 6.07 Å². The maximum atomic E-state index is 13.6.